The largest absolute Gasteiger partial charge is 0.496 e. The molecule has 1 aromatic carbocycles. The van der Waals surface area contributed by atoms with Crippen LogP contribution in [0.5, 0.6) is 5.75 Å². The van der Waals surface area contributed by atoms with Gasteiger partial charge in [0.1, 0.15) is 5.75 Å². The number of non-ortho nitro benzene ring substituents is 1. The van der Waals surface area contributed by atoms with Gasteiger partial charge in [-0.3, -0.25) is 10.1 Å². The summed E-state index contributed by atoms with van der Waals surface area (Å²) in [6.45, 7) is 1.99. The number of aryl methyl sites for hydroxylation is 1. The van der Waals surface area contributed by atoms with Crippen LogP contribution < -0.4 is 10.1 Å². The summed E-state index contributed by atoms with van der Waals surface area (Å²) in [6, 6.07) is 4.41. The number of nitrogens with one attached hydrogen (secondary N) is 1. The summed E-state index contributed by atoms with van der Waals surface area (Å²) in [5.41, 5.74) is 0.491. The minimum atomic E-state index is -0.482. The summed E-state index contributed by atoms with van der Waals surface area (Å²) in [5, 5.41) is 17.4. The summed E-state index contributed by atoms with van der Waals surface area (Å²) in [5.74, 6) is 1.34. The molecule has 0 unspecified atom stereocenters. The molecule has 0 atom stereocenters. The Balaban J connectivity index is 2.15. The first-order valence-electron chi connectivity index (χ1n) is 5.45. The molecule has 1 aromatic heterocycles. The van der Waals surface area contributed by atoms with Crippen molar-refractivity contribution in [3.63, 3.8) is 0 Å². The molecule has 0 aliphatic heterocycles. The molecule has 1 N–H and O–H groups in total. The molecule has 100 valence electrons. The zero-order valence-corrected chi connectivity index (χ0v) is 10.4. The van der Waals surface area contributed by atoms with Crippen LogP contribution in [0.2, 0.25) is 0 Å². The van der Waals surface area contributed by atoms with E-state index in [1.807, 2.05) is 0 Å². The highest BCUT2D eigenvalue weighted by Crippen LogP contribution is 2.25. The van der Waals surface area contributed by atoms with Crippen LogP contribution in [-0.4, -0.2) is 22.2 Å². The average molecular weight is 264 g/mol. The molecule has 8 nitrogen and oxygen atoms in total. The number of methoxy groups -OCH3 is 1. The Hall–Kier alpha value is -2.64. The van der Waals surface area contributed by atoms with Crippen LogP contribution in [0.3, 0.4) is 0 Å². The number of ether oxygens (including phenoxy) is 1. The van der Waals surface area contributed by atoms with Gasteiger partial charge in [0.2, 0.25) is 5.89 Å². The third kappa shape index (κ3) is 3.18. The number of nitro benzene ring substituents is 1. The van der Waals surface area contributed by atoms with Crippen molar-refractivity contribution in [1.82, 2.24) is 10.1 Å². The third-order valence-electron chi connectivity index (χ3n) is 2.35. The SMILES string of the molecule is COc1cc(NCc2nc(C)no2)cc([N+](=O)[O-])c1. The highest BCUT2D eigenvalue weighted by Gasteiger charge is 2.11. The van der Waals surface area contributed by atoms with Gasteiger partial charge in [-0.25, -0.2) is 0 Å². The van der Waals surface area contributed by atoms with Crippen molar-refractivity contribution >= 4 is 11.4 Å². The molecule has 0 spiro atoms. The fraction of sp³-hybridized carbons (Fsp3) is 0.273. The molecule has 8 heteroatoms. The number of hydrogen-bond donors (Lipinski definition) is 1. The van der Waals surface area contributed by atoms with E-state index in [-0.39, 0.29) is 12.2 Å². The number of nitro groups is 1. The summed E-state index contributed by atoms with van der Waals surface area (Å²) >= 11 is 0. The quantitative estimate of drug-likeness (QED) is 0.649. The van der Waals surface area contributed by atoms with Gasteiger partial charge >= 0.3 is 0 Å². The number of aromatic nitrogens is 2. The molecule has 0 radical (unpaired) electrons. The Morgan fingerprint density at radius 2 is 2.26 bits per heavy atom. The monoisotopic (exact) mass is 264 g/mol. The van der Waals surface area contributed by atoms with E-state index in [9.17, 15) is 10.1 Å². The highest BCUT2D eigenvalue weighted by molar-refractivity contribution is 5.56. The number of benzene rings is 1. The zero-order valence-electron chi connectivity index (χ0n) is 10.4. The number of rotatable bonds is 5. The van der Waals surface area contributed by atoms with Crippen molar-refractivity contribution in [2.75, 3.05) is 12.4 Å². The lowest BCUT2D eigenvalue weighted by atomic mass is 10.2. The maximum absolute atomic E-state index is 10.8. The first kappa shape index (κ1) is 12.8. The molecular weight excluding hydrogens is 252 g/mol. The molecule has 2 aromatic rings. The van der Waals surface area contributed by atoms with Crippen molar-refractivity contribution in [1.29, 1.82) is 0 Å². The normalized spacial score (nSPS) is 10.2. The van der Waals surface area contributed by atoms with Gasteiger partial charge in [-0.2, -0.15) is 4.98 Å². The maximum Gasteiger partial charge on any atom is 0.275 e. The van der Waals surface area contributed by atoms with Gasteiger partial charge in [-0.15, -0.1) is 0 Å². The minimum Gasteiger partial charge on any atom is -0.496 e. The van der Waals surface area contributed by atoms with E-state index >= 15 is 0 Å². The topological polar surface area (TPSA) is 103 Å². The molecule has 0 aliphatic rings. The van der Waals surface area contributed by atoms with E-state index in [2.05, 4.69) is 15.5 Å². The van der Waals surface area contributed by atoms with Crippen molar-refractivity contribution < 1.29 is 14.2 Å². The molecule has 0 aliphatic carbocycles. The Kier molecular flexibility index (Phi) is 3.60. The first-order chi connectivity index (χ1) is 9.08. The van der Waals surface area contributed by atoms with Crippen LogP contribution >= 0.6 is 0 Å². The molecule has 19 heavy (non-hydrogen) atoms. The molecule has 0 bridgehead atoms. The van der Waals surface area contributed by atoms with Crippen molar-refractivity contribution in [2.45, 2.75) is 13.5 Å². The Labute approximate surface area is 108 Å². The minimum absolute atomic E-state index is 0.0523. The standard InChI is InChI=1S/C11H12N4O4/c1-7-13-11(19-14-7)6-12-8-3-9(15(16)17)5-10(4-8)18-2/h3-5,12H,6H2,1-2H3. The molecule has 0 amide bonds. The second kappa shape index (κ2) is 5.34. The molecule has 2 rings (SSSR count). The summed E-state index contributed by atoms with van der Waals surface area (Å²) in [6.07, 6.45) is 0. The lowest BCUT2D eigenvalue weighted by Gasteiger charge is -2.06. The van der Waals surface area contributed by atoms with Gasteiger partial charge in [0.15, 0.2) is 5.82 Å². The van der Waals surface area contributed by atoms with Gasteiger partial charge in [0.25, 0.3) is 5.69 Å². The predicted molar refractivity (Wildman–Crippen MR) is 66.0 cm³/mol. The average Bonchev–Trinajstić information content (AvgIpc) is 2.81. The lowest BCUT2D eigenvalue weighted by molar-refractivity contribution is -0.384. The van der Waals surface area contributed by atoms with Crippen LogP contribution in [0.25, 0.3) is 0 Å². The summed E-state index contributed by atoms with van der Waals surface area (Å²) < 4.78 is 9.94. The molecule has 0 saturated heterocycles. The van der Waals surface area contributed by atoms with E-state index in [4.69, 9.17) is 9.26 Å². The highest BCUT2D eigenvalue weighted by atomic mass is 16.6. The van der Waals surface area contributed by atoms with Crippen molar-refractivity contribution in [3.8, 4) is 5.75 Å². The van der Waals surface area contributed by atoms with Gasteiger partial charge < -0.3 is 14.6 Å². The fourth-order valence-corrected chi connectivity index (χ4v) is 1.50. The van der Waals surface area contributed by atoms with Crippen molar-refractivity contribution in [3.05, 3.63) is 40.0 Å². The summed E-state index contributed by atoms with van der Waals surface area (Å²) in [4.78, 5) is 14.3. The lowest BCUT2D eigenvalue weighted by Crippen LogP contribution is -2.01. The van der Waals surface area contributed by atoms with Crippen molar-refractivity contribution in [2.24, 2.45) is 0 Å². The van der Waals surface area contributed by atoms with E-state index in [0.29, 0.717) is 23.2 Å². The number of hydrogen-bond acceptors (Lipinski definition) is 7. The van der Waals surface area contributed by atoms with E-state index in [1.54, 1.807) is 13.0 Å². The maximum atomic E-state index is 10.8. The zero-order chi connectivity index (χ0) is 13.8. The number of nitrogens with zero attached hydrogens (tertiary/aromatic N) is 3. The third-order valence-corrected chi connectivity index (χ3v) is 2.35. The smallest absolute Gasteiger partial charge is 0.275 e. The molecular formula is C11H12N4O4. The van der Waals surface area contributed by atoms with Crippen LogP contribution in [0.15, 0.2) is 22.7 Å². The predicted octanol–water partition coefficient (Wildman–Crippen LogP) is 1.91. The van der Waals surface area contributed by atoms with E-state index < -0.39 is 4.92 Å². The van der Waals surface area contributed by atoms with Crippen LogP contribution in [-0.2, 0) is 6.54 Å². The second-order valence-corrected chi connectivity index (χ2v) is 3.77. The van der Waals surface area contributed by atoms with Crippen LogP contribution in [0.4, 0.5) is 11.4 Å². The van der Waals surface area contributed by atoms with Crippen LogP contribution in [0.1, 0.15) is 11.7 Å². The van der Waals surface area contributed by atoms with E-state index in [0.717, 1.165) is 0 Å². The van der Waals surface area contributed by atoms with E-state index in [1.165, 1.54) is 19.2 Å². The summed E-state index contributed by atoms with van der Waals surface area (Å²) in [7, 11) is 1.45. The molecule has 0 fully saturated rings. The molecule has 0 saturated carbocycles. The van der Waals surface area contributed by atoms with Crippen LogP contribution in [0, 0.1) is 17.0 Å². The van der Waals surface area contributed by atoms with Gasteiger partial charge in [0, 0.05) is 17.8 Å². The van der Waals surface area contributed by atoms with Gasteiger partial charge in [-0.1, -0.05) is 5.16 Å². The van der Waals surface area contributed by atoms with Gasteiger partial charge in [-0.05, 0) is 6.92 Å². The number of anilines is 1. The Morgan fingerprint density at radius 3 is 2.84 bits per heavy atom. The van der Waals surface area contributed by atoms with Gasteiger partial charge in [0.05, 0.1) is 24.6 Å². The first-order valence-corrected chi connectivity index (χ1v) is 5.45. The second-order valence-electron chi connectivity index (χ2n) is 3.77. The Morgan fingerprint density at radius 1 is 1.47 bits per heavy atom. The fourth-order valence-electron chi connectivity index (χ4n) is 1.50. The molecule has 1 heterocycles. The Bertz CT molecular complexity index is 596.